The monoisotopic (exact) mass is 775 g/mol. The fourth-order valence-corrected chi connectivity index (χ4v) is 9.15. The van der Waals surface area contributed by atoms with Crippen LogP contribution in [-0.4, -0.2) is 61.3 Å². The SMILES string of the molecule is CC1C=CC(COc2cc3c(c4ccccc24)[C@H](CCl)CN3C(=O)CNCC(=O)N2C[C@@H](CCl)C3=C2C=C(OCc2ccccc2)C2(C)CC=CC=C32)=CC1. The Labute approximate surface area is 333 Å². The molecule has 1 N–H and O–H groups in total. The van der Waals surface area contributed by atoms with Crippen molar-refractivity contribution in [1.82, 2.24) is 10.2 Å². The minimum absolute atomic E-state index is 0.00521. The Bertz CT molecular complexity index is 2190. The summed E-state index contributed by atoms with van der Waals surface area (Å²) in [7, 11) is 0. The van der Waals surface area contributed by atoms with Crippen LogP contribution in [0.1, 0.15) is 43.7 Å². The zero-order valence-electron chi connectivity index (χ0n) is 31.4. The van der Waals surface area contributed by atoms with Crippen LogP contribution in [0.3, 0.4) is 0 Å². The van der Waals surface area contributed by atoms with Gasteiger partial charge in [-0.05, 0) is 58.9 Å². The molecule has 0 bridgehead atoms. The number of halogens is 2. The second kappa shape index (κ2) is 15.9. The number of amides is 2. The number of hydrogen-bond donors (Lipinski definition) is 1. The first-order valence-electron chi connectivity index (χ1n) is 19.3. The van der Waals surface area contributed by atoms with Gasteiger partial charge in [0, 0.05) is 54.2 Å². The summed E-state index contributed by atoms with van der Waals surface area (Å²) in [5.74, 6) is 2.58. The van der Waals surface area contributed by atoms with E-state index in [9.17, 15) is 9.59 Å². The molecule has 2 unspecified atom stereocenters. The standard InChI is InChI=1S/C46H47Cl2N3O4/c1-30-15-17-32(18-16-30)28-54-40-20-38-44(36-13-7-6-12-35(36)40)33(22-47)26-50(38)42(52)24-49-25-43(53)51-27-34(23-48)45-37-14-8-9-19-46(37,2)41(21-39(45)51)55-29-31-10-4-3-5-11-31/h3-15,17-18,20-21,30,33-34,49H,16,19,22-29H2,1-2H3/t30?,33-,34-,46?/m1/s1. The molecule has 7 nitrogen and oxygen atoms in total. The van der Waals surface area contributed by atoms with Gasteiger partial charge in [0.05, 0.1) is 29.9 Å². The second-order valence-electron chi connectivity index (χ2n) is 15.4. The lowest BCUT2D eigenvalue weighted by atomic mass is 9.67. The molecule has 0 saturated heterocycles. The average molecular weight is 777 g/mol. The quantitative estimate of drug-likeness (QED) is 0.186. The van der Waals surface area contributed by atoms with Crippen LogP contribution in [0.25, 0.3) is 10.8 Å². The number of carbonyl (C=O) groups is 2. The fraction of sp³-hybridized carbons (Fsp3) is 0.348. The normalized spacial score (nSPS) is 23.9. The van der Waals surface area contributed by atoms with E-state index in [2.05, 4.69) is 79.9 Å². The molecule has 3 aromatic rings. The summed E-state index contributed by atoms with van der Waals surface area (Å²) in [6, 6.07) is 20.3. The van der Waals surface area contributed by atoms with Crippen LogP contribution < -0.4 is 15.0 Å². The van der Waals surface area contributed by atoms with E-state index in [1.54, 1.807) is 4.90 Å². The molecule has 8 rings (SSSR count). The highest BCUT2D eigenvalue weighted by Gasteiger charge is 2.47. The molecular formula is C46H47Cl2N3O4. The van der Waals surface area contributed by atoms with Crippen molar-refractivity contribution in [2.75, 3.05) is 49.4 Å². The van der Waals surface area contributed by atoms with Gasteiger partial charge in [-0.3, -0.25) is 14.9 Å². The van der Waals surface area contributed by atoms with Crippen LogP contribution in [0.15, 0.2) is 131 Å². The van der Waals surface area contributed by atoms with Gasteiger partial charge in [0.2, 0.25) is 11.8 Å². The van der Waals surface area contributed by atoms with Gasteiger partial charge in [-0.25, -0.2) is 0 Å². The van der Waals surface area contributed by atoms with Crippen LogP contribution in [0.2, 0.25) is 0 Å². The third kappa shape index (κ3) is 7.19. The largest absolute Gasteiger partial charge is 0.492 e. The molecule has 4 atom stereocenters. The molecular weight excluding hydrogens is 729 g/mol. The lowest BCUT2D eigenvalue weighted by molar-refractivity contribution is -0.128. The number of nitrogens with zero attached hydrogens (tertiary/aromatic N) is 2. The molecule has 0 fully saturated rings. The third-order valence-electron chi connectivity index (χ3n) is 11.7. The maximum absolute atomic E-state index is 14.0. The fourth-order valence-electron chi connectivity index (χ4n) is 8.64. The molecule has 9 heteroatoms. The number of carbonyl (C=O) groups excluding carboxylic acids is 2. The number of alkyl halides is 2. The number of benzene rings is 3. The number of nitrogens with one attached hydrogen (secondary N) is 1. The Morgan fingerprint density at radius 3 is 2.38 bits per heavy atom. The van der Waals surface area contributed by atoms with Crippen molar-refractivity contribution < 1.29 is 19.1 Å². The van der Waals surface area contributed by atoms with Crippen molar-refractivity contribution >= 4 is 51.5 Å². The Morgan fingerprint density at radius 1 is 0.909 bits per heavy atom. The van der Waals surface area contributed by atoms with E-state index in [1.807, 2.05) is 47.4 Å². The Morgan fingerprint density at radius 2 is 1.64 bits per heavy atom. The number of rotatable bonds is 12. The first kappa shape index (κ1) is 37.4. The predicted molar refractivity (Wildman–Crippen MR) is 221 cm³/mol. The minimum atomic E-state index is -0.359. The van der Waals surface area contributed by atoms with Gasteiger partial charge in [0.1, 0.15) is 24.7 Å². The lowest BCUT2D eigenvalue weighted by Gasteiger charge is -2.40. The molecule has 5 aliphatic rings. The van der Waals surface area contributed by atoms with E-state index < -0.39 is 0 Å². The Balaban J connectivity index is 0.990. The molecule has 0 spiro atoms. The molecule has 0 saturated carbocycles. The lowest BCUT2D eigenvalue weighted by Crippen LogP contribution is -2.42. The number of hydrogen-bond acceptors (Lipinski definition) is 5. The maximum atomic E-state index is 14.0. The van der Waals surface area contributed by atoms with Gasteiger partial charge in [0.25, 0.3) is 0 Å². The molecule has 0 radical (unpaired) electrons. The van der Waals surface area contributed by atoms with E-state index in [-0.39, 0.29) is 42.2 Å². The summed E-state index contributed by atoms with van der Waals surface area (Å²) in [6.07, 6.45) is 16.8. The van der Waals surface area contributed by atoms with Gasteiger partial charge >= 0.3 is 0 Å². The van der Waals surface area contributed by atoms with Gasteiger partial charge < -0.3 is 19.3 Å². The summed E-state index contributed by atoms with van der Waals surface area (Å²) in [4.78, 5) is 31.6. The van der Waals surface area contributed by atoms with Crippen LogP contribution in [0, 0.1) is 17.3 Å². The zero-order valence-corrected chi connectivity index (χ0v) is 32.9. The van der Waals surface area contributed by atoms with E-state index in [0.29, 0.717) is 44.0 Å². The first-order valence-corrected chi connectivity index (χ1v) is 20.4. The van der Waals surface area contributed by atoms with Crippen molar-refractivity contribution in [3.63, 3.8) is 0 Å². The van der Waals surface area contributed by atoms with Crippen LogP contribution in [0.5, 0.6) is 5.75 Å². The van der Waals surface area contributed by atoms with Crippen molar-refractivity contribution in [2.24, 2.45) is 17.3 Å². The summed E-state index contributed by atoms with van der Waals surface area (Å²) in [6.45, 7) is 6.22. The van der Waals surface area contributed by atoms with E-state index in [4.69, 9.17) is 32.7 Å². The Kier molecular flexibility index (Phi) is 10.8. The van der Waals surface area contributed by atoms with Crippen LogP contribution >= 0.6 is 23.2 Å². The van der Waals surface area contributed by atoms with Crippen molar-refractivity contribution in [3.05, 3.63) is 142 Å². The number of ether oxygens (including phenoxy) is 2. The van der Waals surface area contributed by atoms with Gasteiger partial charge in [-0.15, -0.1) is 23.2 Å². The second-order valence-corrected chi connectivity index (χ2v) is 16.1. The highest BCUT2D eigenvalue weighted by molar-refractivity contribution is 6.19. The molecule has 2 amide bonds. The predicted octanol–water partition coefficient (Wildman–Crippen LogP) is 8.96. The molecule has 3 aromatic carbocycles. The van der Waals surface area contributed by atoms with Gasteiger partial charge in [-0.2, -0.15) is 0 Å². The minimum Gasteiger partial charge on any atom is -0.492 e. The number of fused-ring (bicyclic) bond motifs is 5. The maximum Gasteiger partial charge on any atom is 0.240 e. The molecule has 2 aliphatic heterocycles. The number of allylic oxidation sites excluding steroid dienone is 7. The number of anilines is 1. The Hall–Kier alpha value is -4.56. The van der Waals surface area contributed by atoms with Crippen LogP contribution in [0.4, 0.5) is 5.69 Å². The van der Waals surface area contributed by atoms with Gasteiger partial charge in [0.15, 0.2) is 0 Å². The average Bonchev–Trinajstić information content (AvgIpc) is 3.78. The van der Waals surface area contributed by atoms with E-state index in [0.717, 1.165) is 74.4 Å². The summed E-state index contributed by atoms with van der Waals surface area (Å²) in [5.41, 5.74) is 6.82. The summed E-state index contributed by atoms with van der Waals surface area (Å²) >= 11 is 13.1. The molecule has 0 aromatic heterocycles. The van der Waals surface area contributed by atoms with Crippen molar-refractivity contribution in [1.29, 1.82) is 0 Å². The highest BCUT2D eigenvalue weighted by atomic mass is 35.5. The first-order chi connectivity index (χ1) is 26.8. The van der Waals surface area contributed by atoms with Crippen LogP contribution in [-0.2, 0) is 20.9 Å². The smallest absolute Gasteiger partial charge is 0.240 e. The molecule has 284 valence electrons. The molecule has 55 heavy (non-hydrogen) atoms. The highest BCUT2D eigenvalue weighted by Crippen LogP contribution is 2.54. The summed E-state index contributed by atoms with van der Waals surface area (Å²) < 4.78 is 13.0. The third-order valence-corrected chi connectivity index (χ3v) is 12.4. The van der Waals surface area contributed by atoms with E-state index in [1.165, 1.54) is 0 Å². The van der Waals surface area contributed by atoms with Crippen molar-refractivity contribution in [2.45, 2.75) is 39.2 Å². The van der Waals surface area contributed by atoms with Gasteiger partial charge in [-0.1, -0.05) is 98.0 Å². The topological polar surface area (TPSA) is 71.1 Å². The summed E-state index contributed by atoms with van der Waals surface area (Å²) in [5, 5.41) is 5.23. The van der Waals surface area contributed by atoms with E-state index >= 15 is 0 Å². The van der Waals surface area contributed by atoms with Crippen molar-refractivity contribution in [3.8, 4) is 5.75 Å². The molecule has 3 aliphatic carbocycles. The molecule has 2 heterocycles. The zero-order chi connectivity index (χ0) is 38.1.